The number of aryl methyl sites for hydroxylation is 1. The lowest BCUT2D eigenvalue weighted by Crippen LogP contribution is -2.33. The molecule has 1 aromatic rings. The molecule has 0 N–H and O–H groups in total. The summed E-state index contributed by atoms with van der Waals surface area (Å²) < 4.78 is 0. The lowest BCUT2D eigenvalue weighted by molar-refractivity contribution is 0.584. The first-order valence-corrected chi connectivity index (χ1v) is 6.47. The molecule has 0 fully saturated rings. The molecule has 3 heteroatoms. The van der Waals surface area contributed by atoms with E-state index in [1.165, 1.54) is 5.56 Å². The van der Waals surface area contributed by atoms with Gasteiger partial charge >= 0.3 is 0 Å². The van der Waals surface area contributed by atoms with Crippen LogP contribution >= 0.6 is 11.6 Å². The molecule has 0 radical (unpaired) electrons. The van der Waals surface area contributed by atoms with Gasteiger partial charge in [-0.2, -0.15) is 5.26 Å². The van der Waals surface area contributed by atoms with Gasteiger partial charge in [0.15, 0.2) is 0 Å². The number of anilines is 1. The molecule has 0 unspecified atom stereocenters. The molecule has 90 valence electrons. The molecule has 0 atom stereocenters. The molecule has 2 rings (SSSR count). The Hall–Kier alpha value is -1.20. The third kappa shape index (κ3) is 2.56. The lowest BCUT2D eigenvalue weighted by Gasteiger charge is -2.33. The van der Waals surface area contributed by atoms with Gasteiger partial charge in [-0.25, -0.2) is 0 Å². The zero-order valence-electron chi connectivity index (χ0n) is 10.3. The molecule has 17 heavy (non-hydrogen) atoms. The van der Waals surface area contributed by atoms with E-state index in [-0.39, 0.29) is 0 Å². The van der Waals surface area contributed by atoms with Gasteiger partial charge in [0.1, 0.15) is 6.07 Å². The van der Waals surface area contributed by atoms with Crippen molar-refractivity contribution in [3.05, 3.63) is 28.3 Å². The summed E-state index contributed by atoms with van der Waals surface area (Å²) in [7, 11) is 0. The summed E-state index contributed by atoms with van der Waals surface area (Å²) in [5.74, 6) is 0.600. The molecule has 0 aromatic heterocycles. The number of hydrogen-bond acceptors (Lipinski definition) is 2. The van der Waals surface area contributed by atoms with Crippen molar-refractivity contribution in [2.75, 3.05) is 18.0 Å². The van der Waals surface area contributed by atoms with E-state index in [0.717, 1.165) is 31.6 Å². The second-order valence-corrected chi connectivity index (χ2v) is 5.45. The highest BCUT2D eigenvalue weighted by atomic mass is 35.5. The maximum Gasteiger partial charge on any atom is 0.101 e. The summed E-state index contributed by atoms with van der Waals surface area (Å²) in [4.78, 5) is 2.33. The van der Waals surface area contributed by atoms with Crippen molar-refractivity contribution >= 4 is 17.3 Å². The van der Waals surface area contributed by atoms with Crippen LogP contribution < -0.4 is 4.90 Å². The highest BCUT2D eigenvalue weighted by molar-refractivity contribution is 6.30. The Labute approximate surface area is 108 Å². The quantitative estimate of drug-likeness (QED) is 0.799. The number of rotatable bonds is 2. The Balaban J connectivity index is 2.45. The van der Waals surface area contributed by atoms with Crippen LogP contribution in [0.2, 0.25) is 5.02 Å². The minimum atomic E-state index is 0.600. The third-order valence-corrected chi connectivity index (χ3v) is 3.27. The standard InChI is InChI=1S/C14H17ClN2/c1-10(2)9-17-5-3-4-11-6-13(15)7-12(8-16)14(11)17/h6-7,10H,3-5,9H2,1-2H3. The first kappa shape index (κ1) is 12.3. The van der Waals surface area contributed by atoms with E-state index in [0.29, 0.717) is 16.5 Å². The summed E-state index contributed by atoms with van der Waals surface area (Å²) >= 11 is 6.04. The van der Waals surface area contributed by atoms with E-state index >= 15 is 0 Å². The highest BCUT2D eigenvalue weighted by Crippen LogP contribution is 2.33. The monoisotopic (exact) mass is 248 g/mol. The largest absolute Gasteiger partial charge is 0.370 e. The van der Waals surface area contributed by atoms with E-state index in [9.17, 15) is 5.26 Å². The van der Waals surface area contributed by atoms with Gasteiger partial charge in [0.2, 0.25) is 0 Å². The molecule has 0 saturated carbocycles. The Bertz CT molecular complexity index is 460. The highest BCUT2D eigenvalue weighted by Gasteiger charge is 2.21. The average Bonchev–Trinajstić information content (AvgIpc) is 2.27. The Morgan fingerprint density at radius 1 is 1.47 bits per heavy atom. The van der Waals surface area contributed by atoms with Crippen molar-refractivity contribution in [1.82, 2.24) is 0 Å². The van der Waals surface area contributed by atoms with Crippen LogP contribution in [-0.4, -0.2) is 13.1 Å². The van der Waals surface area contributed by atoms with Gasteiger partial charge in [-0.3, -0.25) is 0 Å². The normalized spacial score (nSPS) is 14.6. The van der Waals surface area contributed by atoms with E-state index in [1.54, 1.807) is 6.07 Å². The fourth-order valence-electron chi connectivity index (χ4n) is 2.50. The van der Waals surface area contributed by atoms with Crippen LogP contribution in [-0.2, 0) is 6.42 Å². The molecular formula is C14H17ClN2. The molecular weight excluding hydrogens is 232 g/mol. The molecule has 0 aliphatic carbocycles. The maximum atomic E-state index is 9.23. The first-order chi connectivity index (χ1) is 8.11. The van der Waals surface area contributed by atoms with Crippen LogP contribution in [0, 0.1) is 17.2 Å². The molecule has 0 amide bonds. The number of nitriles is 1. The predicted octanol–water partition coefficient (Wildman–Crippen LogP) is 3.62. The Kier molecular flexibility index (Phi) is 3.59. The van der Waals surface area contributed by atoms with Crippen molar-refractivity contribution < 1.29 is 0 Å². The van der Waals surface area contributed by atoms with Gasteiger partial charge < -0.3 is 4.90 Å². The second kappa shape index (κ2) is 4.98. The van der Waals surface area contributed by atoms with Gasteiger partial charge in [0.05, 0.1) is 11.3 Å². The van der Waals surface area contributed by atoms with Gasteiger partial charge in [-0.05, 0) is 36.5 Å². The Morgan fingerprint density at radius 3 is 2.88 bits per heavy atom. The molecule has 1 aromatic carbocycles. The number of fused-ring (bicyclic) bond motifs is 1. The average molecular weight is 249 g/mol. The van der Waals surface area contributed by atoms with Gasteiger partial charge in [-0.15, -0.1) is 0 Å². The number of halogens is 1. The van der Waals surface area contributed by atoms with Crippen molar-refractivity contribution in [3.8, 4) is 6.07 Å². The molecule has 0 bridgehead atoms. The van der Waals surface area contributed by atoms with Crippen LogP contribution in [0.1, 0.15) is 31.4 Å². The van der Waals surface area contributed by atoms with Crippen LogP contribution in [0.5, 0.6) is 0 Å². The lowest BCUT2D eigenvalue weighted by atomic mass is 9.97. The Morgan fingerprint density at radius 2 is 2.24 bits per heavy atom. The molecule has 1 heterocycles. The van der Waals surface area contributed by atoms with Crippen LogP contribution in [0.15, 0.2) is 12.1 Å². The fourth-order valence-corrected chi connectivity index (χ4v) is 2.74. The van der Waals surface area contributed by atoms with Crippen molar-refractivity contribution in [2.24, 2.45) is 5.92 Å². The second-order valence-electron chi connectivity index (χ2n) is 5.02. The summed E-state index contributed by atoms with van der Waals surface area (Å²) in [6.45, 7) is 6.46. The van der Waals surface area contributed by atoms with Crippen molar-refractivity contribution in [2.45, 2.75) is 26.7 Å². The van der Waals surface area contributed by atoms with Crippen LogP contribution in [0.4, 0.5) is 5.69 Å². The summed E-state index contributed by atoms with van der Waals surface area (Å²) in [5, 5.41) is 9.91. The number of hydrogen-bond donors (Lipinski definition) is 0. The van der Waals surface area contributed by atoms with E-state index in [2.05, 4.69) is 24.8 Å². The molecule has 1 aliphatic heterocycles. The SMILES string of the molecule is CC(C)CN1CCCc2cc(Cl)cc(C#N)c21. The topological polar surface area (TPSA) is 27.0 Å². The van der Waals surface area contributed by atoms with Gasteiger partial charge in [0, 0.05) is 18.1 Å². The zero-order chi connectivity index (χ0) is 12.4. The number of benzene rings is 1. The van der Waals surface area contributed by atoms with E-state index in [4.69, 9.17) is 11.6 Å². The summed E-state index contributed by atoms with van der Waals surface area (Å²) in [6, 6.07) is 6.05. The minimum Gasteiger partial charge on any atom is -0.370 e. The summed E-state index contributed by atoms with van der Waals surface area (Å²) in [6.07, 6.45) is 2.17. The molecule has 2 nitrogen and oxygen atoms in total. The van der Waals surface area contributed by atoms with Gasteiger partial charge in [0.25, 0.3) is 0 Å². The fraction of sp³-hybridized carbons (Fsp3) is 0.500. The maximum absolute atomic E-state index is 9.23. The zero-order valence-corrected chi connectivity index (χ0v) is 11.1. The molecule has 0 saturated heterocycles. The van der Waals surface area contributed by atoms with Crippen molar-refractivity contribution in [1.29, 1.82) is 5.26 Å². The van der Waals surface area contributed by atoms with E-state index < -0.39 is 0 Å². The molecule has 1 aliphatic rings. The van der Waals surface area contributed by atoms with Crippen LogP contribution in [0.25, 0.3) is 0 Å². The minimum absolute atomic E-state index is 0.600. The third-order valence-electron chi connectivity index (χ3n) is 3.05. The number of nitrogens with zero attached hydrogens (tertiary/aromatic N) is 2. The van der Waals surface area contributed by atoms with E-state index in [1.807, 2.05) is 6.07 Å². The van der Waals surface area contributed by atoms with Gasteiger partial charge in [-0.1, -0.05) is 25.4 Å². The first-order valence-electron chi connectivity index (χ1n) is 6.09. The van der Waals surface area contributed by atoms with Crippen molar-refractivity contribution in [3.63, 3.8) is 0 Å². The van der Waals surface area contributed by atoms with Crippen LogP contribution in [0.3, 0.4) is 0 Å². The smallest absolute Gasteiger partial charge is 0.101 e. The predicted molar refractivity (Wildman–Crippen MR) is 71.5 cm³/mol. The summed E-state index contributed by atoms with van der Waals surface area (Å²) in [5.41, 5.74) is 3.05. The molecule has 0 spiro atoms.